The van der Waals surface area contributed by atoms with Crippen LogP contribution in [0.25, 0.3) is 11.2 Å². The third-order valence-corrected chi connectivity index (χ3v) is 4.90. The topological polar surface area (TPSA) is 92.8 Å². The van der Waals surface area contributed by atoms with Gasteiger partial charge in [0, 0.05) is 5.69 Å². The molecule has 0 aliphatic heterocycles. The average Bonchev–Trinajstić information content (AvgIpc) is 3.22. The van der Waals surface area contributed by atoms with Gasteiger partial charge in [0.05, 0.1) is 12.1 Å². The van der Waals surface area contributed by atoms with Gasteiger partial charge in [-0.2, -0.15) is 0 Å². The molecule has 0 spiro atoms. The minimum atomic E-state index is -0.116. The first kappa shape index (κ1) is 18.0. The molecular weight excluding hydrogens is 374 g/mol. The van der Waals surface area contributed by atoms with Crippen LogP contribution >= 0.6 is 11.8 Å². The number of amides is 1. The van der Waals surface area contributed by atoms with E-state index in [9.17, 15) is 4.79 Å². The molecule has 0 fully saturated rings. The number of rotatable bonds is 7. The second-order valence-electron chi connectivity index (χ2n) is 5.92. The second-order valence-corrected chi connectivity index (χ2v) is 6.88. The number of thioether (sulfide) groups is 1. The summed E-state index contributed by atoms with van der Waals surface area (Å²) in [6.45, 7) is 0.504. The Hall–Kier alpha value is -3.39. The van der Waals surface area contributed by atoms with Gasteiger partial charge in [0.2, 0.25) is 5.91 Å². The molecule has 8 heteroatoms. The largest absolute Gasteiger partial charge is 0.489 e. The van der Waals surface area contributed by atoms with E-state index in [1.165, 1.54) is 18.1 Å². The number of H-pyrrole nitrogens is 1. The van der Waals surface area contributed by atoms with E-state index in [4.69, 9.17) is 4.74 Å². The molecule has 2 aromatic carbocycles. The molecule has 7 nitrogen and oxygen atoms in total. The fraction of sp³-hybridized carbons (Fsp3) is 0.100. The summed E-state index contributed by atoms with van der Waals surface area (Å²) in [7, 11) is 0. The SMILES string of the molecule is O=C(CSc1ncnc2nc[nH]c12)Nc1ccc(OCc2ccccc2)cc1. The van der Waals surface area contributed by atoms with Gasteiger partial charge in [-0.05, 0) is 29.8 Å². The van der Waals surface area contributed by atoms with Crippen molar-refractivity contribution >= 4 is 34.5 Å². The highest BCUT2D eigenvalue weighted by atomic mass is 32.2. The lowest BCUT2D eigenvalue weighted by atomic mass is 10.2. The van der Waals surface area contributed by atoms with Crippen LogP contribution in [-0.4, -0.2) is 31.6 Å². The maximum atomic E-state index is 12.2. The molecule has 2 N–H and O–H groups in total. The van der Waals surface area contributed by atoms with Crippen LogP contribution in [0.2, 0.25) is 0 Å². The molecular formula is C20H17N5O2S. The number of ether oxygens (including phenoxy) is 1. The molecule has 140 valence electrons. The van der Waals surface area contributed by atoms with Gasteiger partial charge in [0.25, 0.3) is 0 Å². The highest BCUT2D eigenvalue weighted by molar-refractivity contribution is 8.00. The maximum absolute atomic E-state index is 12.2. The van der Waals surface area contributed by atoms with Gasteiger partial charge < -0.3 is 15.0 Å². The Morgan fingerprint density at radius 2 is 1.86 bits per heavy atom. The minimum Gasteiger partial charge on any atom is -0.489 e. The standard InChI is InChI=1S/C20H17N5O2S/c26-17(11-28-20-18-19(22-12-21-18)23-13-24-20)25-15-6-8-16(9-7-15)27-10-14-4-2-1-3-5-14/h1-9,12-13H,10-11H2,(H,25,26)(H,21,22,23,24). The number of hydrogen-bond donors (Lipinski definition) is 2. The molecule has 2 aromatic heterocycles. The zero-order chi connectivity index (χ0) is 19.2. The molecule has 0 atom stereocenters. The first-order chi connectivity index (χ1) is 13.8. The predicted octanol–water partition coefficient (Wildman–Crippen LogP) is 3.66. The van der Waals surface area contributed by atoms with Crippen LogP contribution in [0.15, 0.2) is 72.3 Å². The normalized spacial score (nSPS) is 10.7. The maximum Gasteiger partial charge on any atom is 0.234 e. The number of carbonyl (C=O) groups is 1. The van der Waals surface area contributed by atoms with Crippen LogP contribution in [0.3, 0.4) is 0 Å². The lowest BCUT2D eigenvalue weighted by Crippen LogP contribution is -2.14. The van der Waals surface area contributed by atoms with E-state index in [1.54, 1.807) is 6.33 Å². The van der Waals surface area contributed by atoms with E-state index >= 15 is 0 Å². The number of nitrogens with zero attached hydrogens (tertiary/aromatic N) is 3. The summed E-state index contributed by atoms with van der Waals surface area (Å²) in [5, 5.41) is 3.57. The summed E-state index contributed by atoms with van der Waals surface area (Å²) in [5.74, 6) is 0.866. The molecule has 0 unspecified atom stereocenters. The highest BCUT2D eigenvalue weighted by Gasteiger charge is 2.09. The zero-order valence-electron chi connectivity index (χ0n) is 14.8. The van der Waals surface area contributed by atoms with Crippen molar-refractivity contribution in [2.45, 2.75) is 11.6 Å². The fourth-order valence-corrected chi connectivity index (χ4v) is 3.31. The summed E-state index contributed by atoms with van der Waals surface area (Å²) in [5.41, 5.74) is 3.14. The van der Waals surface area contributed by atoms with E-state index < -0.39 is 0 Å². The zero-order valence-corrected chi connectivity index (χ0v) is 15.6. The van der Waals surface area contributed by atoms with Gasteiger partial charge in [0.1, 0.15) is 29.2 Å². The third-order valence-electron chi connectivity index (χ3n) is 3.91. The van der Waals surface area contributed by atoms with Gasteiger partial charge in [-0.1, -0.05) is 42.1 Å². The number of fused-ring (bicyclic) bond motifs is 1. The highest BCUT2D eigenvalue weighted by Crippen LogP contribution is 2.22. The first-order valence-corrected chi connectivity index (χ1v) is 9.60. The molecule has 1 amide bonds. The number of carbonyl (C=O) groups excluding carboxylic acids is 1. The van der Waals surface area contributed by atoms with Crippen LogP contribution in [-0.2, 0) is 11.4 Å². The summed E-state index contributed by atoms with van der Waals surface area (Å²) in [6, 6.07) is 17.3. The fourth-order valence-electron chi connectivity index (χ4n) is 2.56. The van der Waals surface area contributed by atoms with Crippen molar-refractivity contribution in [1.29, 1.82) is 0 Å². The molecule has 4 rings (SSSR count). The van der Waals surface area contributed by atoms with Crippen molar-refractivity contribution in [3.8, 4) is 5.75 Å². The number of aromatic amines is 1. The first-order valence-electron chi connectivity index (χ1n) is 8.61. The average molecular weight is 391 g/mol. The Morgan fingerprint density at radius 1 is 1.04 bits per heavy atom. The van der Waals surface area contributed by atoms with Gasteiger partial charge in [-0.15, -0.1) is 0 Å². The number of aromatic nitrogens is 4. The van der Waals surface area contributed by atoms with Gasteiger partial charge in [-0.3, -0.25) is 4.79 Å². The number of benzene rings is 2. The van der Waals surface area contributed by atoms with Gasteiger partial charge >= 0.3 is 0 Å². The lowest BCUT2D eigenvalue weighted by Gasteiger charge is -2.08. The van der Waals surface area contributed by atoms with Crippen molar-refractivity contribution in [3.63, 3.8) is 0 Å². The van der Waals surface area contributed by atoms with Crippen molar-refractivity contribution in [3.05, 3.63) is 72.8 Å². The summed E-state index contributed by atoms with van der Waals surface area (Å²) >= 11 is 1.33. The molecule has 0 radical (unpaired) electrons. The molecule has 0 bridgehead atoms. The smallest absolute Gasteiger partial charge is 0.234 e. The number of anilines is 1. The number of nitrogens with one attached hydrogen (secondary N) is 2. The van der Waals surface area contributed by atoms with E-state index in [2.05, 4.69) is 25.3 Å². The molecule has 0 saturated carbocycles. The molecule has 0 saturated heterocycles. The number of hydrogen-bond acceptors (Lipinski definition) is 6. The van der Waals surface area contributed by atoms with Gasteiger partial charge in [0.15, 0.2) is 5.65 Å². The van der Waals surface area contributed by atoms with Crippen LogP contribution in [0, 0.1) is 0 Å². The van der Waals surface area contributed by atoms with Crippen LogP contribution in [0.4, 0.5) is 5.69 Å². The third kappa shape index (κ3) is 4.47. The molecule has 2 heterocycles. The Labute approximate surface area is 165 Å². The predicted molar refractivity (Wildman–Crippen MR) is 108 cm³/mol. The van der Waals surface area contributed by atoms with Crippen molar-refractivity contribution in [2.75, 3.05) is 11.1 Å². The minimum absolute atomic E-state index is 0.116. The number of imidazole rings is 1. The Kier molecular flexibility index (Phi) is 5.48. The lowest BCUT2D eigenvalue weighted by molar-refractivity contribution is -0.113. The van der Waals surface area contributed by atoms with E-state index in [1.807, 2.05) is 54.6 Å². The Bertz CT molecular complexity index is 1070. The van der Waals surface area contributed by atoms with Gasteiger partial charge in [-0.25, -0.2) is 15.0 Å². The summed E-state index contributed by atoms with van der Waals surface area (Å²) in [6.07, 6.45) is 3.00. The van der Waals surface area contributed by atoms with E-state index in [-0.39, 0.29) is 11.7 Å². The van der Waals surface area contributed by atoms with Crippen LogP contribution in [0.1, 0.15) is 5.56 Å². The molecule has 28 heavy (non-hydrogen) atoms. The molecule has 0 aliphatic rings. The Balaban J connectivity index is 1.29. The van der Waals surface area contributed by atoms with Crippen LogP contribution in [0.5, 0.6) is 5.75 Å². The van der Waals surface area contributed by atoms with E-state index in [0.29, 0.717) is 23.0 Å². The quantitative estimate of drug-likeness (QED) is 0.369. The second kappa shape index (κ2) is 8.53. The van der Waals surface area contributed by atoms with Crippen LogP contribution < -0.4 is 10.1 Å². The summed E-state index contributed by atoms with van der Waals surface area (Å²) < 4.78 is 5.75. The Morgan fingerprint density at radius 3 is 2.68 bits per heavy atom. The van der Waals surface area contributed by atoms with Crippen molar-refractivity contribution < 1.29 is 9.53 Å². The summed E-state index contributed by atoms with van der Waals surface area (Å²) in [4.78, 5) is 27.6. The molecule has 0 aliphatic carbocycles. The monoisotopic (exact) mass is 391 g/mol. The molecule has 4 aromatic rings. The van der Waals surface area contributed by atoms with E-state index in [0.717, 1.165) is 16.8 Å². The van der Waals surface area contributed by atoms with Crippen molar-refractivity contribution in [2.24, 2.45) is 0 Å². The van der Waals surface area contributed by atoms with Crippen molar-refractivity contribution in [1.82, 2.24) is 19.9 Å².